The van der Waals surface area contributed by atoms with E-state index < -0.39 is 30.5 Å². The zero-order valence-corrected chi connectivity index (χ0v) is 9.13. The van der Waals surface area contributed by atoms with E-state index in [0.717, 1.165) is 13.2 Å². The molecule has 1 aromatic heterocycles. The SMILES string of the molecule is COC(=O)CC(O)C(O)c1nc(F)ccc1N. The Morgan fingerprint density at radius 1 is 1.59 bits per heavy atom. The molecule has 0 saturated carbocycles. The molecule has 0 fully saturated rings. The Bertz CT molecular complexity index is 413. The molecule has 1 aromatic rings. The summed E-state index contributed by atoms with van der Waals surface area (Å²) in [7, 11) is 1.15. The van der Waals surface area contributed by atoms with Crippen molar-refractivity contribution in [2.75, 3.05) is 12.8 Å². The molecule has 0 amide bonds. The van der Waals surface area contributed by atoms with Crippen molar-refractivity contribution in [3.05, 3.63) is 23.8 Å². The summed E-state index contributed by atoms with van der Waals surface area (Å²) < 4.78 is 17.2. The van der Waals surface area contributed by atoms with Crippen LogP contribution in [0.15, 0.2) is 12.1 Å². The van der Waals surface area contributed by atoms with Gasteiger partial charge in [-0.15, -0.1) is 0 Å². The van der Waals surface area contributed by atoms with Crippen LogP contribution in [0.1, 0.15) is 18.2 Å². The van der Waals surface area contributed by atoms with E-state index >= 15 is 0 Å². The van der Waals surface area contributed by atoms with Crippen molar-refractivity contribution in [2.45, 2.75) is 18.6 Å². The van der Waals surface area contributed by atoms with Crippen LogP contribution >= 0.6 is 0 Å². The molecule has 0 radical (unpaired) electrons. The number of aromatic nitrogens is 1. The van der Waals surface area contributed by atoms with Gasteiger partial charge >= 0.3 is 5.97 Å². The standard InChI is InChI=1S/C10H13FN2O4/c1-17-8(15)4-6(14)10(16)9-5(12)2-3-7(11)13-9/h2-3,6,10,14,16H,4,12H2,1H3. The molecule has 2 unspecified atom stereocenters. The summed E-state index contributed by atoms with van der Waals surface area (Å²) in [5.74, 6) is -1.54. The molecule has 6 nitrogen and oxygen atoms in total. The Hall–Kier alpha value is -1.73. The highest BCUT2D eigenvalue weighted by molar-refractivity contribution is 5.69. The van der Waals surface area contributed by atoms with Crippen molar-refractivity contribution in [3.8, 4) is 0 Å². The molecular weight excluding hydrogens is 231 g/mol. The fourth-order valence-electron chi connectivity index (χ4n) is 1.25. The van der Waals surface area contributed by atoms with Crippen LogP contribution in [0.25, 0.3) is 0 Å². The van der Waals surface area contributed by atoms with E-state index in [4.69, 9.17) is 5.73 Å². The summed E-state index contributed by atoms with van der Waals surface area (Å²) in [6.45, 7) is 0. The topological polar surface area (TPSA) is 106 Å². The number of nitrogen functional groups attached to an aromatic ring is 1. The van der Waals surface area contributed by atoms with Crippen molar-refractivity contribution >= 4 is 11.7 Å². The monoisotopic (exact) mass is 244 g/mol. The van der Waals surface area contributed by atoms with Crippen LogP contribution in [0.4, 0.5) is 10.1 Å². The molecule has 0 aromatic carbocycles. The van der Waals surface area contributed by atoms with Crippen LogP contribution in [0.2, 0.25) is 0 Å². The smallest absolute Gasteiger partial charge is 0.308 e. The molecule has 4 N–H and O–H groups in total. The number of pyridine rings is 1. The number of halogens is 1. The second kappa shape index (κ2) is 5.55. The summed E-state index contributed by atoms with van der Waals surface area (Å²) in [4.78, 5) is 14.3. The average Bonchev–Trinajstić information content (AvgIpc) is 2.31. The first-order valence-electron chi connectivity index (χ1n) is 4.80. The molecule has 0 aliphatic carbocycles. The number of ether oxygens (including phenoxy) is 1. The summed E-state index contributed by atoms with van der Waals surface area (Å²) >= 11 is 0. The second-order valence-electron chi connectivity index (χ2n) is 3.40. The number of rotatable bonds is 4. The third-order valence-electron chi connectivity index (χ3n) is 2.17. The molecule has 0 spiro atoms. The van der Waals surface area contributed by atoms with Crippen LogP contribution in [0.5, 0.6) is 0 Å². The largest absolute Gasteiger partial charge is 0.469 e. The fourth-order valence-corrected chi connectivity index (χ4v) is 1.25. The van der Waals surface area contributed by atoms with E-state index in [1.54, 1.807) is 0 Å². The lowest BCUT2D eigenvalue weighted by Crippen LogP contribution is -2.24. The highest BCUT2D eigenvalue weighted by Gasteiger charge is 2.25. The Labute approximate surface area is 96.8 Å². The molecule has 94 valence electrons. The van der Waals surface area contributed by atoms with Crippen LogP contribution in [-0.4, -0.2) is 34.4 Å². The fraction of sp³-hybridized carbons (Fsp3) is 0.400. The van der Waals surface area contributed by atoms with E-state index in [2.05, 4.69) is 9.72 Å². The molecule has 0 aliphatic heterocycles. The van der Waals surface area contributed by atoms with Crippen molar-refractivity contribution in [3.63, 3.8) is 0 Å². The first-order valence-corrected chi connectivity index (χ1v) is 4.80. The van der Waals surface area contributed by atoms with Crippen molar-refractivity contribution in [1.82, 2.24) is 4.98 Å². The molecule has 1 rings (SSSR count). The Balaban J connectivity index is 2.84. The number of anilines is 1. The van der Waals surface area contributed by atoms with Crippen LogP contribution < -0.4 is 5.73 Å². The Morgan fingerprint density at radius 3 is 2.82 bits per heavy atom. The maximum atomic E-state index is 12.8. The van der Waals surface area contributed by atoms with E-state index in [-0.39, 0.29) is 11.4 Å². The van der Waals surface area contributed by atoms with Gasteiger partial charge in [-0.25, -0.2) is 4.98 Å². The minimum absolute atomic E-state index is 0.0304. The van der Waals surface area contributed by atoms with Gasteiger partial charge in [-0.05, 0) is 12.1 Å². The van der Waals surface area contributed by atoms with Gasteiger partial charge in [0.05, 0.1) is 31.0 Å². The van der Waals surface area contributed by atoms with Gasteiger partial charge in [0, 0.05) is 0 Å². The number of aliphatic hydroxyl groups excluding tert-OH is 2. The van der Waals surface area contributed by atoms with Gasteiger partial charge in [0.25, 0.3) is 0 Å². The van der Waals surface area contributed by atoms with E-state index in [0.29, 0.717) is 0 Å². The number of aliphatic hydroxyl groups is 2. The third kappa shape index (κ3) is 3.36. The number of nitrogens with zero attached hydrogens (tertiary/aromatic N) is 1. The van der Waals surface area contributed by atoms with E-state index in [9.17, 15) is 19.4 Å². The summed E-state index contributed by atoms with van der Waals surface area (Å²) in [6, 6.07) is 2.24. The number of esters is 1. The number of nitrogens with two attached hydrogens (primary N) is 1. The zero-order valence-electron chi connectivity index (χ0n) is 9.13. The number of carbonyl (C=O) groups is 1. The van der Waals surface area contributed by atoms with Crippen molar-refractivity contribution in [2.24, 2.45) is 0 Å². The average molecular weight is 244 g/mol. The maximum absolute atomic E-state index is 12.8. The Morgan fingerprint density at radius 2 is 2.24 bits per heavy atom. The number of hydrogen-bond donors (Lipinski definition) is 3. The Kier molecular flexibility index (Phi) is 4.36. The first-order chi connectivity index (χ1) is 7.95. The predicted molar refractivity (Wildman–Crippen MR) is 56.2 cm³/mol. The lowest BCUT2D eigenvalue weighted by atomic mass is 10.1. The van der Waals surface area contributed by atoms with Gasteiger partial charge < -0.3 is 20.7 Å². The van der Waals surface area contributed by atoms with Gasteiger partial charge in [-0.2, -0.15) is 4.39 Å². The van der Waals surface area contributed by atoms with Crippen molar-refractivity contribution in [1.29, 1.82) is 0 Å². The highest BCUT2D eigenvalue weighted by Crippen LogP contribution is 2.22. The number of methoxy groups -OCH3 is 1. The molecule has 0 aliphatic rings. The minimum Gasteiger partial charge on any atom is -0.469 e. The summed E-state index contributed by atoms with van der Waals surface area (Å²) in [5.41, 5.74) is 5.30. The molecule has 17 heavy (non-hydrogen) atoms. The minimum atomic E-state index is -1.55. The highest BCUT2D eigenvalue weighted by atomic mass is 19.1. The van der Waals surface area contributed by atoms with Gasteiger partial charge in [0.1, 0.15) is 6.10 Å². The van der Waals surface area contributed by atoms with Gasteiger partial charge in [0.2, 0.25) is 5.95 Å². The molecule has 2 atom stereocenters. The van der Waals surface area contributed by atoms with Gasteiger partial charge in [-0.1, -0.05) is 0 Å². The summed E-state index contributed by atoms with van der Waals surface area (Å²) in [5, 5.41) is 19.2. The maximum Gasteiger partial charge on any atom is 0.308 e. The lowest BCUT2D eigenvalue weighted by Gasteiger charge is -2.17. The van der Waals surface area contributed by atoms with Gasteiger partial charge in [-0.3, -0.25) is 4.79 Å². The molecular formula is C10H13FN2O4. The van der Waals surface area contributed by atoms with Crippen LogP contribution in [-0.2, 0) is 9.53 Å². The first kappa shape index (κ1) is 13.3. The zero-order chi connectivity index (χ0) is 13.0. The molecule has 0 bridgehead atoms. The van der Waals surface area contributed by atoms with Crippen molar-refractivity contribution < 1.29 is 24.1 Å². The normalized spacial score (nSPS) is 14.1. The lowest BCUT2D eigenvalue weighted by molar-refractivity contribution is -0.144. The second-order valence-corrected chi connectivity index (χ2v) is 3.40. The number of hydrogen-bond acceptors (Lipinski definition) is 6. The van der Waals surface area contributed by atoms with Gasteiger partial charge in [0.15, 0.2) is 0 Å². The number of carbonyl (C=O) groups excluding carboxylic acids is 1. The third-order valence-corrected chi connectivity index (χ3v) is 2.17. The molecule has 0 saturated heterocycles. The molecule has 7 heteroatoms. The van der Waals surface area contributed by atoms with E-state index in [1.165, 1.54) is 6.07 Å². The van der Waals surface area contributed by atoms with Crippen LogP contribution in [0, 0.1) is 5.95 Å². The van der Waals surface area contributed by atoms with Crippen LogP contribution in [0.3, 0.4) is 0 Å². The quantitative estimate of drug-likeness (QED) is 0.498. The molecule has 1 heterocycles. The predicted octanol–water partition coefficient (Wildman–Crippen LogP) is -0.240. The van der Waals surface area contributed by atoms with E-state index in [1.807, 2.05) is 0 Å². The summed E-state index contributed by atoms with van der Waals surface area (Å²) in [6.07, 6.45) is -3.45.